The van der Waals surface area contributed by atoms with E-state index in [1.807, 2.05) is 13.8 Å². The van der Waals surface area contributed by atoms with Gasteiger partial charge >= 0.3 is 0 Å². The maximum absolute atomic E-state index is 12.9. The quantitative estimate of drug-likeness (QED) is 0.609. The zero-order chi connectivity index (χ0) is 21.9. The highest BCUT2D eigenvalue weighted by Crippen LogP contribution is 2.29. The first-order chi connectivity index (χ1) is 14.2. The van der Waals surface area contributed by atoms with Crippen molar-refractivity contribution in [3.63, 3.8) is 0 Å². The van der Waals surface area contributed by atoms with Crippen molar-refractivity contribution < 1.29 is 22.5 Å². The van der Waals surface area contributed by atoms with Crippen LogP contribution in [0.4, 0.5) is 5.69 Å². The molecule has 0 aliphatic carbocycles. The number of nitrogens with one attached hydrogen (secondary N) is 1. The number of carbonyl (C=O) groups excluding carboxylic acids is 1. The van der Waals surface area contributed by atoms with E-state index >= 15 is 0 Å². The number of hydrogen-bond acceptors (Lipinski definition) is 6. The van der Waals surface area contributed by atoms with Gasteiger partial charge in [-0.15, -0.1) is 0 Å². The monoisotopic (exact) mass is 428 g/mol. The minimum Gasteiger partial charge on any atom is -0.497 e. The summed E-state index contributed by atoms with van der Waals surface area (Å²) in [5.74, 6) is 0.539. The van der Waals surface area contributed by atoms with Crippen LogP contribution < -0.4 is 10.1 Å². The molecular formula is C22H24N2O5S. The lowest BCUT2D eigenvalue weighted by Crippen LogP contribution is -2.18. The van der Waals surface area contributed by atoms with E-state index in [2.05, 4.69) is 10.5 Å². The predicted octanol–water partition coefficient (Wildman–Crippen LogP) is 4.08. The van der Waals surface area contributed by atoms with Crippen molar-refractivity contribution in [1.29, 1.82) is 0 Å². The van der Waals surface area contributed by atoms with Crippen LogP contribution in [-0.2, 0) is 14.6 Å². The first-order valence-corrected chi connectivity index (χ1v) is 11.1. The van der Waals surface area contributed by atoms with Gasteiger partial charge in [-0.1, -0.05) is 17.3 Å². The molecule has 0 spiro atoms. The number of benzene rings is 2. The Labute approximate surface area is 176 Å². The van der Waals surface area contributed by atoms with E-state index in [9.17, 15) is 13.2 Å². The zero-order valence-corrected chi connectivity index (χ0v) is 18.2. The topological polar surface area (TPSA) is 98.5 Å². The molecule has 1 N–H and O–H groups in total. The summed E-state index contributed by atoms with van der Waals surface area (Å²) in [6.07, 6.45) is -0.154. The molecule has 3 rings (SSSR count). The lowest BCUT2D eigenvalue weighted by Gasteiger charge is -2.10. The lowest BCUT2D eigenvalue weighted by molar-refractivity contribution is -0.115. The number of nitrogens with zero attached hydrogens (tertiary/aromatic N) is 1. The molecule has 0 unspecified atom stereocenters. The Morgan fingerprint density at radius 2 is 1.80 bits per heavy atom. The molecule has 1 heterocycles. The fourth-order valence-corrected chi connectivity index (χ4v) is 4.53. The number of anilines is 1. The summed E-state index contributed by atoms with van der Waals surface area (Å²) in [5.41, 5.74) is 3.45. The Bertz CT molecular complexity index is 1160. The molecule has 1 aromatic heterocycles. The zero-order valence-electron chi connectivity index (χ0n) is 17.4. The summed E-state index contributed by atoms with van der Waals surface area (Å²) < 4.78 is 36.3. The number of aromatic nitrogens is 1. The summed E-state index contributed by atoms with van der Waals surface area (Å²) in [4.78, 5) is 12.4. The predicted molar refractivity (Wildman–Crippen MR) is 114 cm³/mol. The van der Waals surface area contributed by atoms with Gasteiger partial charge in [-0.05, 0) is 56.7 Å². The van der Waals surface area contributed by atoms with Crippen molar-refractivity contribution in [2.75, 3.05) is 18.2 Å². The Morgan fingerprint density at radius 1 is 1.10 bits per heavy atom. The van der Waals surface area contributed by atoms with Crippen LogP contribution in [0.5, 0.6) is 5.75 Å². The number of rotatable bonds is 7. The van der Waals surface area contributed by atoms with Crippen molar-refractivity contribution in [2.24, 2.45) is 0 Å². The van der Waals surface area contributed by atoms with Crippen LogP contribution in [0.1, 0.15) is 23.2 Å². The minimum atomic E-state index is -3.67. The van der Waals surface area contributed by atoms with Gasteiger partial charge in [0.2, 0.25) is 5.91 Å². The van der Waals surface area contributed by atoms with Gasteiger partial charge in [-0.25, -0.2) is 8.42 Å². The first kappa shape index (κ1) is 21.6. The molecule has 30 heavy (non-hydrogen) atoms. The van der Waals surface area contributed by atoms with E-state index in [4.69, 9.17) is 9.26 Å². The van der Waals surface area contributed by atoms with Crippen molar-refractivity contribution >= 4 is 21.4 Å². The molecular weight excluding hydrogens is 404 g/mol. The fraction of sp³-hybridized carbons (Fsp3) is 0.273. The number of methoxy groups -OCH3 is 1. The number of carbonyl (C=O) groups is 1. The van der Waals surface area contributed by atoms with E-state index in [1.54, 1.807) is 56.5 Å². The number of hydrogen-bond donors (Lipinski definition) is 1. The molecule has 2 aromatic carbocycles. The van der Waals surface area contributed by atoms with Crippen LogP contribution in [-0.4, -0.2) is 32.3 Å². The maximum atomic E-state index is 12.9. The average molecular weight is 429 g/mol. The van der Waals surface area contributed by atoms with Gasteiger partial charge in [0, 0.05) is 23.2 Å². The molecule has 0 saturated carbocycles. The third-order valence-electron chi connectivity index (χ3n) is 4.91. The molecule has 0 aliphatic heterocycles. The van der Waals surface area contributed by atoms with E-state index in [0.29, 0.717) is 28.3 Å². The molecule has 0 atom stereocenters. The maximum Gasteiger partial charge on any atom is 0.225 e. The average Bonchev–Trinajstić information content (AvgIpc) is 3.06. The van der Waals surface area contributed by atoms with E-state index in [-0.39, 0.29) is 23.0 Å². The lowest BCUT2D eigenvalue weighted by atomic mass is 10.1. The van der Waals surface area contributed by atoms with Crippen LogP contribution in [0.25, 0.3) is 11.3 Å². The number of amides is 1. The summed E-state index contributed by atoms with van der Waals surface area (Å²) in [6, 6.07) is 11.9. The summed E-state index contributed by atoms with van der Waals surface area (Å²) in [7, 11) is -2.11. The second-order valence-corrected chi connectivity index (χ2v) is 9.13. The van der Waals surface area contributed by atoms with Gasteiger partial charge in [-0.3, -0.25) is 4.79 Å². The number of ether oxygens (including phenoxy) is 1. The van der Waals surface area contributed by atoms with Crippen LogP contribution in [0, 0.1) is 20.8 Å². The standard InChI is InChI=1S/C22H24N2O5S/c1-14-5-6-17(22-15(2)16(3)24-29-22)13-20(14)30(26,27)12-11-21(25)23-18-7-9-19(28-4)10-8-18/h5-10,13H,11-12H2,1-4H3,(H,23,25). The Hall–Kier alpha value is -3.13. The molecule has 0 fully saturated rings. The Morgan fingerprint density at radius 3 is 2.40 bits per heavy atom. The highest BCUT2D eigenvalue weighted by Gasteiger charge is 2.21. The van der Waals surface area contributed by atoms with Gasteiger partial charge in [0.15, 0.2) is 15.6 Å². The van der Waals surface area contributed by atoms with Crippen LogP contribution in [0.2, 0.25) is 0 Å². The van der Waals surface area contributed by atoms with Gasteiger partial charge in [0.1, 0.15) is 5.75 Å². The Balaban J connectivity index is 1.74. The highest BCUT2D eigenvalue weighted by molar-refractivity contribution is 7.91. The van der Waals surface area contributed by atoms with E-state index < -0.39 is 9.84 Å². The van der Waals surface area contributed by atoms with Gasteiger partial charge in [-0.2, -0.15) is 0 Å². The van der Waals surface area contributed by atoms with Crippen molar-refractivity contribution in [1.82, 2.24) is 5.16 Å². The summed E-state index contributed by atoms with van der Waals surface area (Å²) in [5, 5.41) is 6.63. The SMILES string of the molecule is COc1ccc(NC(=O)CCS(=O)(=O)c2cc(-c3onc(C)c3C)ccc2C)cc1. The van der Waals surface area contributed by atoms with Gasteiger partial charge in [0.05, 0.1) is 23.5 Å². The number of sulfone groups is 1. The second-order valence-electron chi connectivity index (χ2n) is 7.05. The number of aryl methyl sites for hydroxylation is 2. The van der Waals surface area contributed by atoms with Gasteiger partial charge in [0.25, 0.3) is 0 Å². The van der Waals surface area contributed by atoms with Crippen molar-refractivity contribution in [3.8, 4) is 17.1 Å². The van der Waals surface area contributed by atoms with Crippen LogP contribution in [0.15, 0.2) is 51.9 Å². The Kier molecular flexibility index (Phi) is 6.26. The van der Waals surface area contributed by atoms with E-state index in [0.717, 1.165) is 11.3 Å². The molecule has 1 amide bonds. The van der Waals surface area contributed by atoms with E-state index in [1.165, 1.54) is 0 Å². The third kappa shape index (κ3) is 4.71. The smallest absolute Gasteiger partial charge is 0.225 e. The first-order valence-electron chi connectivity index (χ1n) is 9.42. The normalized spacial score (nSPS) is 11.3. The second kappa shape index (κ2) is 8.71. The molecule has 8 heteroatoms. The molecule has 0 bridgehead atoms. The van der Waals surface area contributed by atoms with Gasteiger partial charge < -0.3 is 14.6 Å². The molecule has 0 saturated heterocycles. The van der Waals surface area contributed by atoms with Crippen molar-refractivity contribution in [3.05, 3.63) is 59.3 Å². The highest BCUT2D eigenvalue weighted by atomic mass is 32.2. The molecule has 3 aromatic rings. The van der Waals surface area contributed by atoms with Crippen LogP contribution >= 0.6 is 0 Å². The molecule has 0 aliphatic rings. The van der Waals surface area contributed by atoms with Crippen LogP contribution in [0.3, 0.4) is 0 Å². The summed E-state index contributed by atoms with van der Waals surface area (Å²) >= 11 is 0. The van der Waals surface area contributed by atoms with Crippen molar-refractivity contribution in [2.45, 2.75) is 32.1 Å². The third-order valence-corrected chi connectivity index (χ3v) is 6.77. The summed E-state index contributed by atoms with van der Waals surface area (Å²) in [6.45, 7) is 5.43. The molecule has 7 nitrogen and oxygen atoms in total. The largest absolute Gasteiger partial charge is 0.497 e. The minimum absolute atomic E-state index is 0.154. The fourth-order valence-electron chi connectivity index (χ4n) is 3.00. The molecule has 158 valence electrons. The molecule has 0 radical (unpaired) electrons.